The molecule has 0 spiro atoms. The van der Waals surface area contributed by atoms with Crippen LogP contribution in [0.2, 0.25) is 0 Å². The first kappa shape index (κ1) is 18.4. The molecule has 25 heavy (non-hydrogen) atoms. The molecule has 2 rings (SSSR count). The maximum absolute atomic E-state index is 11.4. The molecule has 0 aromatic heterocycles. The highest BCUT2D eigenvalue weighted by atomic mass is 16.4. The highest BCUT2D eigenvalue weighted by Gasteiger charge is 2.17. The van der Waals surface area contributed by atoms with Gasteiger partial charge in [0.05, 0.1) is 5.69 Å². The van der Waals surface area contributed by atoms with Crippen LogP contribution in [-0.4, -0.2) is 21.9 Å². The first-order valence-corrected chi connectivity index (χ1v) is 8.06. The maximum atomic E-state index is 11.4. The zero-order valence-electron chi connectivity index (χ0n) is 14.1. The van der Waals surface area contributed by atoms with E-state index in [4.69, 9.17) is 0 Å². The lowest BCUT2D eigenvalue weighted by Gasteiger charge is -2.14. The summed E-state index contributed by atoms with van der Waals surface area (Å²) in [6, 6.07) is 16.6. The molecule has 0 aliphatic rings. The minimum absolute atomic E-state index is 0.0363. The molecule has 0 aliphatic heterocycles. The van der Waals surface area contributed by atoms with Gasteiger partial charge in [-0.25, -0.2) is 4.79 Å². The average Bonchev–Trinajstić information content (AvgIpc) is 2.65. The van der Waals surface area contributed by atoms with Crippen molar-refractivity contribution in [1.82, 2.24) is 0 Å². The Balaban J connectivity index is 2.06. The largest absolute Gasteiger partial charge is 0.477 e. The summed E-state index contributed by atoms with van der Waals surface area (Å²) in [5.74, 6) is -1.15. The number of carbonyl (C=O) groups is 1. The molecule has 1 atom stereocenters. The van der Waals surface area contributed by atoms with E-state index in [1.54, 1.807) is 24.3 Å². The maximum Gasteiger partial charge on any atom is 0.352 e. The topological polar surface area (TPSA) is 81.9 Å². The van der Waals surface area contributed by atoms with E-state index >= 15 is 0 Å². The highest BCUT2D eigenvalue weighted by molar-refractivity contribution is 6.36. The Labute approximate surface area is 147 Å². The molecule has 0 saturated heterocycles. The number of hydrazone groups is 1. The van der Waals surface area contributed by atoms with E-state index in [9.17, 15) is 15.0 Å². The van der Waals surface area contributed by atoms with Gasteiger partial charge in [-0.05, 0) is 35.3 Å². The van der Waals surface area contributed by atoms with E-state index in [-0.39, 0.29) is 12.1 Å². The number of aryl methyl sites for hydroxylation is 1. The van der Waals surface area contributed by atoms with Crippen LogP contribution >= 0.6 is 0 Å². The molecule has 0 aliphatic carbocycles. The van der Waals surface area contributed by atoms with Crippen LogP contribution in [0.1, 0.15) is 30.6 Å². The van der Waals surface area contributed by atoms with Gasteiger partial charge >= 0.3 is 5.97 Å². The Morgan fingerprint density at radius 2 is 1.80 bits per heavy atom. The fourth-order valence-electron chi connectivity index (χ4n) is 2.29. The minimum atomic E-state index is -1.15. The van der Waals surface area contributed by atoms with Crippen LogP contribution in [-0.2, 0) is 11.2 Å². The average molecular weight is 338 g/mol. The fourth-order valence-corrected chi connectivity index (χ4v) is 2.29. The molecule has 0 bridgehead atoms. The lowest BCUT2D eigenvalue weighted by Crippen LogP contribution is -2.17. The van der Waals surface area contributed by atoms with Gasteiger partial charge in [0.15, 0.2) is 0 Å². The Morgan fingerprint density at radius 1 is 1.16 bits per heavy atom. The quantitative estimate of drug-likeness (QED) is 0.389. The standard InChI is InChI=1S/C20H22N2O3/c1-3-15-9-11-17(12-10-15)21-22-18(20(24)25)13-14(2)19(23)16-7-5-4-6-8-16/h4-12,19,21,23H,2-3,13H2,1H3,(H,24,25). The van der Waals surface area contributed by atoms with Crippen molar-refractivity contribution in [3.05, 3.63) is 77.9 Å². The molecular formula is C20H22N2O3. The van der Waals surface area contributed by atoms with Crippen LogP contribution in [0.15, 0.2) is 71.9 Å². The van der Waals surface area contributed by atoms with Crippen molar-refractivity contribution < 1.29 is 15.0 Å². The summed E-state index contributed by atoms with van der Waals surface area (Å²) in [4.78, 5) is 11.4. The predicted molar refractivity (Wildman–Crippen MR) is 99.7 cm³/mol. The summed E-state index contributed by atoms with van der Waals surface area (Å²) in [5.41, 5.74) is 5.56. The number of carboxylic acids is 1. The number of benzene rings is 2. The summed E-state index contributed by atoms with van der Waals surface area (Å²) in [5, 5.41) is 23.6. The molecular weight excluding hydrogens is 316 g/mol. The van der Waals surface area contributed by atoms with Gasteiger partial charge in [0, 0.05) is 6.42 Å². The zero-order valence-corrected chi connectivity index (χ0v) is 14.1. The number of anilines is 1. The third kappa shape index (κ3) is 5.29. The number of aliphatic carboxylic acids is 1. The molecule has 2 aromatic rings. The molecule has 0 saturated carbocycles. The van der Waals surface area contributed by atoms with E-state index in [2.05, 4.69) is 24.0 Å². The SMILES string of the molecule is C=C(CC(=NNc1ccc(CC)cc1)C(=O)O)C(O)c1ccccc1. The van der Waals surface area contributed by atoms with Gasteiger partial charge in [-0.2, -0.15) is 5.10 Å². The Morgan fingerprint density at radius 3 is 2.36 bits per heavy atom. The molecule has 5 nitrogen and oxygen atoms in total. The first-order chi connectivity index (χ1) is 12.0. The molecule has 0 radical (unpaired) electrons. The third-order valence-corrected chi connectivity index (χ3v) is 3.83. The van der Waals surface area contributed by atoms with E-state index in [0.717, 1.165) is 6.42 Å². The van der Waals surface area contributed by atoms with Crippen molar-refractivity contribution in [2.45, 2.75) is 25.9 Å². The Kier molecular flexibility index (Phi) is 6.48. The third-order valence-electron chi connectivity index (χ3n) is 3.83. The molecule has 3 N–H and O–H groups in total. The summed E-state index contributed by atoms with van der Waals surface area (Å²) in [6.07, 6.45) is -0.0402. The first-order valence-electron chi connectivity index (χ1n) is 8.06. The van der Waals surface area contributed by atoms with Crippen molar-refractivity contribution in [2.24, 2.45) is 5.10 Å². The van der Waals surface area contributed by atoms with Crippen LogP contribution in [0.3, 0.4) is 0 Å². The minimum Gasteiger partial charge on any atom is -0.477 e. The number of aliphatic hydroxyl groups excluding tert-OH is 1. The van der Waals surface area contributed by atoms with Gasteiger partial charge in [-0.15, -0.1) is 0 Å². The van der Waals surface area contributed by atoms with Gasteiger partial charge in [0.25, 0.3) is 0 Å². The number of nitrogens with one attached hydrogen (secondary N) is 1. The summed E-state index contributed by atoms with van der Waals surface area (Å²) < 4.78 is 0. The van der Waals surface area contributed by atoms with Gasteiger partial charge in [0.2, 0.25) is 0 Å². The van der Waals surface area contributed by atoms with Crippen molar-refractivity contribution in [1.29, 1.82) is 0 Å². The molecule has 0 fully saturated rings. The van der Waals surface area contributed by atoms with E-state index in [1.807, 2.05) is 30.3 Å². The monoisotopic (exact) mass is 338 g/mol. The van der Waals surface area contributed by atoms with E-state index in [1.165, 1.54) is 5.56 Å². The van der Waals surface area contributed by atoms with Crippen molar-refractivity contribution in [3.63, 3.8) is 0 Å². The number of hydrogen-bond acceptors (Lipinski definition) is 4. The molecule has 130 valence electrons. The number of carboxylic acid groups (broad SMARTS) is 1. The van der Waals surface area contributed by atoms with Crippen molar-refractivity contribution >= 4 is 17.4 Å². The lowest BCUT2D eigenvalue weighted by atomic mass is 9.98. The fraction of sp³-hybridized carbons (Fsp3) is 0.200. The van der Waals surface area contributed by atoms with Gasteiger partial charge in [-0.3, -0.25) is 5.43 Å². The van der Waals surface area contributed by atoms with E-state index < -0.39 is 12.1 Å². The van der Waals surface area contributed by atoms with Crippen LogP contribution in [0, 0.1) is 0 Å². The van der Waals surface area contributed by atoms with Gasteiger partial charge in [-0.1, -0.05) is 56.0 Å². The smallest absolute Gasteiger partial charge is 0.352 e. The Bertz CT molecular complexity index is 752. The zero-order chi connectivity index (χ0) is 18.2. The Hall–Kier alpha value is -2.92. The molecule has 0 heterocycles. The van der Waals surface area contributed by atoms with Crippen LogP contribution in [0.25, 0.3) is 0 Å². The number of rotatable bonds is 8. The second-order valence-corrected chi connectivity index (χ2v) is 5.67. The lowest BCUT2D eigenvalue weighted by molar-refractivity contribution is -0.129. The predicted octanol–water partition coefficient (Wildman–Crippen LogP) is 3.78. The van der Waals surface area contributed by atoms with Crippen molar-refractivity contribution in [3.8, 4) is 0 Å². The normalized spacial score (nSPS) is 12.5. The molecule has 5 heteroatoms. The van der Waals surface area contributed by atoms with Crippen LogP contribution < -0.4 is 5.43 Å². The molecule has 1 unspecified atom stereocenters. The van der Waals surface area contributed by atoms with E-state index in [0.29, 0.717) is 16.8 Å². The summed E-state index contributed by atoms with van der Waals surface area (Å²) in [6.45, 7) is 5.87. The number of aliphatic hydroxyl groups is 1. The number of nitrogens with zero attached hydrogens (tertiary/aromatic N) is 1. The van der Waals surface area contributed by atoms with Crippen molar-refractivity contribution in [2.75, 3.05) is 5.43 Å². The second kappa shape index (κ2) is 8.80. The second-order valence-electron chi connectivity index (χ2n) is 5.67. The molecule has 2 aromatic carbocycles. The van der Waals surface area contributed by atoms with Crippen LogP contribution in [0.4, 0.5) is 5.69 Å². The summed E-state index contributed by atoms with van der Waals surface area (Å²) >= 11 is 0. The summed E-state index contributed by atoms with van der Waals surface area (Å²) in [7, 11) is 0. The van der Waals surface area contributed by atoms with Crippen LogP contribution in [0.5, 0.6) is 0 Å². The molecule has 0 amide bonds. The van der Waals surface area contributed by atoms with Gasteiger partial charge < -0.3 is 10.2 Å². The number of hydrogen-bond donors (Lipinski definition) is 3. The van der Waals surface area contributed by atoms with Gasteiger partial charge in [0.1, 0.15) is 11.8 Å². The highest BCUT2D eigenvalue weighted by Crippen LogP contribution is 2.23.